The Morgan fingerprint density at radius 1 is 0.667 bits per heavy atom. The molecule has 0 spiro atoms. The maximum absolute atomic E-state index is 10.3. The Labute approximate surface area is 148 Å². The Bertz CT molecular complexity index is 425. The standard InChI is InChI=1S/C22H34O2/c1-2-3-4-5-6-7-8-9-10-11-12-13-14-15-16-17-18-19-20-21-22(23)24/h3-4,6-7,9-10,12-13,15-16H,2,5,8,11,14,17-21H2,1H3,(H,23,24)/b4-3+,7-6+,10-9+,13-12-,16-15-. The van der Waals surface area contributed by atoms with Gasteiger partial charge in [0.05, 0.1) is 0 Å². The van der Waals surface area contributed by atoms with Crippen LogP contribution in [-0.2, 0) is 4.79 Å². The molecular formula is C22H34O2. The fourth-order valence-electron chi connectivity index (χ4n) is 2.08. The second kappa shape index (κ2) is 19.2. The van der Waals surface area contributed by atoms with E-state index in [2.05, 4.69) is 67.7 Å². The van der Waals surface area contributed by atoms with Crippen LogP contribution < -0.4 is 0 Å². The van der Waals surface area contributed by atoms with Crippen molar-refractivity contribution in [3.05, 3.63) is 60.8 Å². The van der Waals surface area contributed by atoms with Crippen molar-refractivity contribution in [2.75, 3.05) is 0 Å². The average Bonchev–Trinajstić information content (AvgIpc) is 2.56. The maximum Gasteiger partial charge on any atom is 0.303 e. The van der Waals surface area contributed by atoms with E-state index in [1.54, 1.807) is 0 Å². The molecule has 2 nitrogen and oxygen atoms in total. The van der Waals surface area contributed by atoms with Gasteiger partial charge in [-0.25, -0.2) is 0 Å². The minimum absolute atomic E-state index is 0.297. The van der Waals surface area contributed by atoms with E-state index in [0.29, 0.717) is 6.42 Å². The number of carbonyl (C=O) groups is 1. The molecule has 0 aromatic carbocycles. The summed E-state index contributed by atoms with van der Waals surface area (Å²) in [5.74, 6) is -0.690. The second-order valence-electron chi connectivity index (χ2n) is 5.70. The van der Waals surface area contributed by atoms with Crippen LogP contribution in [0.5, 0.6) is 0 Å². The van der Waals surface area contributed by atoms with E-state index in [-0.39, 0.29) is 0 Å². The molecule has 0 aromatic heterocycles. The van der Waals surface area contributed by atoms with E-state index in [1.165, 1.54) is 0 Å². The highest BCUT2D eigenvalue weighted by Gasteiger charge is 1.94. The molecule has 0 atom stereocenters. The summed E-state index contributed by atoms with van der Waals surface area (Å²) < 4.78 is 0. The molecule has 0 fully saturated rings. The normalized spacial score (nSPS) is 12.7. The van der Waals surface area contributed by atoms with E-state index in [4.69, 9.17) is 5.11 Å². The lowest BCUT2D eigenvalue weighted by molar-refractivity contribution is -0.137. The predicted octanol–water partition coefficient (Wildman–Crippen LogP) is 6.77. The van der Waals surface area contributed by atoms with Crippen molar-refractivity contribution in [3.8, 4) is 0 Å². The molecular weight excluding hydrogens is 296 g/mol. The van der Waals surface area contributed by atoms with E-state index in [1.807, 2.05) is 0 Å². The van der Waals surface area contributed by atoms with Crippen molar-refractivity contribution in [2.24, 2.45) is 0 Å². The number of unbranched alkanes of at least 4 members (excludes halogenated alkanes) is 3. The third-order valence-corrected chi connectivity index (χ3v) is 3.42. The molecule has 2 heteroatoms. The van der Waals surface area contributed by atoms with Gasteiger partial charge in [0.1, 0.15) is 0 Å². The van der Waals surface area contributed by atoms with Gasteiger partial charge >= 0.3 is 5.97 Å². The first-order chi connectivity index (χ1) is 11.8. The van der Waals surface area contributed by atoms with Crippen LogP contribution in [0, 0.1) is 0 Å². The molecule has 0 aliphatic heterocycles. The SMILES string of the molecule is CC/C=C/C/C=C/C/C=C/C/C=C\C/C=C\CCCCCC(=O)O. The van der Waals surface area contributed by atoms with Crippen LogP contribution in [-0.4, -0.2) is 11.1 Å². The van der Waals surface area contributed by atoms with Gasteiger partial charge in [-0.05, 0) is 51.4 Å². The smallest absolute Gasteiger partial charge is 0.303 e. The zero-order chi connectivity index (χ0) is 17.7. The summed E-state index contributed by atoms with van der Waals surface area (Å²) in [6, 6.07) is 0. The second-order valence-corrected chi connectivity index (χ2v) is 5.70. The summed E-state index contributed by atoms with van der Waals surface area (Å²) in [5, 5.41) is 8.52. The zero-order valence-corrected chi connectivity index (χ0v) is 15.2. The number of allylic oxidation sites excluding steroid dienone is 10. The minimum atomic E-state index is -0.690. The highest BCUT2D eigenvalue weighted by Crippen LogP contribution is 2.04. The first kappa shape index (κ1) is 22.2. The Kier molecular flexibility index (Phi) is 17.8. The number of hydrogen-bond acceptors (Lipinski definition) is 1. The molecule has 0 amide bonds. The highest BCUT2D eigenvalue weighted by atomic mass is 16.4. The van der Waals surface area contributed by atoms with E-state index in [9.17, 15) is 4.79 Å². The Hall–Kier alpha value is -1.83. The summed E-state index contributed by atoms with van der Waals surface area (Å²) in [7, 11) is 0. The van der Waals surface area contributed by atoms with Gasteiger partial charge in [-0.1, -0.05) is 74.1 Å². The van der Waals surface area contributed by atoms with Gasteiger partial charge in [0.15, 0.2) is 0 Å². The van der Waals surface area contributed by atoms with Gasteiger partial charge in [-0.15, -0.1) is 0 Å². The van der Waals surface area contributed by atoms with Crippen molar-refractivity contribution in [1.82, 2.24) is 0 Å². The zero-order valence-electron chi connectivity index (χ0n) is 15.2. The lowest BCUT2D eigenvalue weighted by Crippen LogP contribution is -1.93. The van der Waals surface area contributed by atoms with E-state index in [0.717, 1.165) is 57.8 Å². The van der Waals surface area contributed by atoms with E-state index >= 15 is 0 Å². The molecule has 0 saturated carbocycles. The van der Waals surface area contributed by atoms with Crippen molar-refractivity contribution < 1.29 is 9.90 Å². The lowest BCUT2D eigenvalue weighted by Gasteiger charge is -1.94. The molecule has 0 unspecified atom stereocenters. The van der Waals surface area contributed by atoms with Gasteiger partial charge in [-0.3, -0.25) is 4.79 Å². The molecule has 134 valence electrons. The maximum atomic E-state index is 10.3. The van der Waals surface area contributed by atoms with Crippen molar-refractivity contribution >= 4 is 5.97 Å². The number of carboxylic acids is 1. The van der Waals surface area contributed by atoms with Crippen LogP contribution in [0.2, 0.25) is 0 Å². The molecule has 0 bridgehead atoms. The third-order valence-electron chi connectivity index (χ3n) is 3.42. The van der Waals surface area contributed by atoms with Crippen LogP contribution in [0.1, 0.15) is 71.1 Å². The molecule has 0 aliphatic carbocycles. The first-order valence-corrected chi connectivity index (χ1v) is 9.24. The number of hydrogen-bond donors (Lipinski definition) is 1. The minimum Gasteiger partial charge on any atom is -0.481 e. The fourth-order valence-corrected chi connectivity index (χ4v) is 2.08. The van der Waals surface area contributed by atoms with Crippen LogP contribution in [0.4, 0.5) is 0 Å². The van der Waals surface area contributed by atoms with Crippen molar-refractivity contribution in [1.29, 1.82) is 0 Å². The fraction of sp³-hybridized carbons (Fsp3) is 0.500. The van der Waals surface area contributed by atoms with E-state index < -0.39 is 5.97 Å². The van der Waals surface area contributed by atoms with Crippen LogP contribution in [0.15, 0.2) is 60.8 Å². The van der Waals surface area contributed by atoms with Gasteiger partial charge in [0.25, 0.3) is 0 Å². The summed E-state index contributed by atoms with van der Waals surface area (Å²) in [6.45, 7) is 2.15. The number of carboxylic acid groups (broad SMARTS) is 1. The van der Waals surface area contributed by atoms with Gasteiger partial charge in [-0.2, -0.15) is 0 Å². The highest BCUT2D eigenvalue weighted by molar-refractivity contribution is 5.66. The Morgan fingerprint density at radius 3 is 1.58 bits per heavy atom. The van der Waals surface area contributed by atoms with Gasteiger partial charge < -0.3 is 5.11 Å². The molecule has 0 aromatic rings. The summed E-state index contributed by atoms with van der Waals surface area (Å²) >= 11 is 0. The number of aliphatic carboxylic acids is 1. The topological polar surface area (TPSA) is 37.3 Å². The van der Waals surface area contributed by atoms with Crippen molar-refractivity contribution in [3.63, 3.8) is 0 Å². The van der Waals surface area contributed by atoms with Crippen LogP contribution in [0.3, 0.4) is 0 Å². The third kappa shape index (κ3) is 20.2. The lowest BCUT2D eigenvalue weighted by atomic mass is 10.1. The van der Waals surface area contributed by atoms with Crippen molar-refractivity contribution in [2.45, 2.75) is 71.1 Å². The van der Waals surface area contributed by atoms with Crippen LogP contribution in [0.25, 0.3) is 0 Å². The average molecular weight is 331 g/mol. The predicted molar refractivity (Wildman–Crippen MR) is 105 cm³/mol. The largest absolute Gasteiger partial charge is 0.481 e. The molecule has 1 N–H and O–H groups in total. The summed E-state index contributed by atoms with van der Waals surface area (Å²) in [6.07, 6.45) is 31.3. The summed E-state index contributed by atoms with van der Waals surface area (Å²) in [4.78, 5) is 10.3. The summed E-state index contributed by atoms with van der Waals surface area (Å²) in [5.41, 5.74) is 0. The Morgan fingerprint density at radius 2 is 1.12 bits per heavy atom. The van der Waals surface area contributed by atoms with Gasteiger partial charge in [0.2, 0.25) is 0 Å². The monoisotopic (exact) mass is 330 g/mol. The molecule has 0 heterocycles. The molecule has 0 radical (unpaired) electrons. The molecule has 0 aliphatic rings. The van der Waals surface area contributed by atoms with Gasteiger partial charge in [0, 0.05) is 6.42 Å². The molecule has 0 rings (SSSR count). The molecule has 0 saturated heterocycles. The number of rotatable bonds is 15. The molecule has 24 heavy (non-hydrogen) atoms. The van der Waals surface area contributed by atoms with Crippen LogP contribution >= 0.6 is 0 Å². The quantitative estimate of drug-likeness (QED) is 0.265. The Balaban J connectivity index is 3.42. The first-order valence-electron chi connectivity index (χ1n) is 9.24.